The van der Waals surface area contributed by atoms with Gasteiger partial charge in [-0.25, -0.2) is 0 Å². The van der Waals surface area contributed by atoms with E-state index in [-0.39, 0.29) is 0 Å². The highest BCUT2D eigenvalue weighted by Gasteiger charge is 2.39. The second kappa shape index (κ2) is 8.11. The molecule has 1 saturated carbocycles. The maximum Gasteiger partial charge on any atom is 0.0143 e. The van der Waals surface area contributed by atoms with E-state index < -0.39 is 0 Å². The van der Waals surface area contributed by atoms with Crippen molar-refractivity contribution >= 4 is 5.57 Å². The molecule has 0 amide bonds. The molecule has 0 bridgehead atoms. The standard InChI is InChI=1S/C26H41N/c1-7-8-9-22-15-20(12-13-27-22)23-11-10-19(2)14-24(23)21-16-25(3,4)18-26(5,6)17-21/h10-12,14,21-22,27H,7-9,13,15-18H2,1-6H3. The topological polar surface area (TPSA) is 12.0 Å². The summed E-state index contributed by atoms with van der Waals surface area (Å²) in [5.74, 6) is 0.684. The summed E-state index contributed by atoms with van der Waals surface area (Å²) in [4.78, 5) is 0. The lowest BCUT2D eigenvalue weighted by Crippen LogP contribution is -2.34. The van der Waals surface area contributed by atoms with Gasteiger partial charge in [0.2, 0.25) is 0 Å². The van der Waals surface area contributed by atoms with Crippen LogP contribution in [0.25, 0.3) is 5.57 Å². The summed E-state index contributed by atoms with van der Waals surface area (Å²) < 4.78 is 0. The number of aryl methyl sites for hydroxylation is 1. The Balaban J connectivity index is 1.91. The van der Waals surface area contributed by atoms with Gasteiger partial charge in [0.05, 0.1) is 0 Å². The monoisotopic (exact) mass is 367 g/mol. The third-order valence-electron chi connectivity index (χ3n) is 6.68. The molecule has 1 nitrogen and oxygen atoms in total. The molecular weight excluding hydrogens is 326 g/mol. The predicted molar refractivity (Wildman–Crippen MR) is 119 cm³/mol. The number of nitrogens with one attached hydrogen (secondary N) is 1. The molecular formula is C26H41N. The van der Waals surface area contributed by atoms with E-state index in [1.54, 1.807) is 16.7 Å². The first-order chi connectivity index (χ1) is 12.7. The summed E-state index contributed by atoms with van der Waals surface area (Å²) in [6.07, 6.45) is 11.5. The van der Waals surface area contributed by atoms with Crippen LogP contribution in [-0.4, -0.2) is 12.6 Å². The van der Waals surface area contributed by atoms with Crippen LogP contribution < -0.4 is 5.32 Å². The average Bonchev–Trinajstić information content (AvgIpc) is 2.57. The summed E-state index contributed by atoms with van der Waals surface area (Å²) in [6.45, 7) is 15.5. The summed E-state index contributed by atoms with van der Waals surface area (Å²) in [5, 5.41) is 3.71. The van der Waals surface area contributed by atoms with Crippen molar-refractivity contribution in [1.82, 2.24) is 5.32 Å². The number of rotatable bonds is 5. The van der Waals surface area contributed by atoms with Gasteiger partial charge in [0.15, 0.2) is 0 Å². The fourth-order valence-electron chi connectivity index (χ4n) is 6.02. The Labute approximate surface area is 168 Å². The van der Waals surface area contributed by atoms with Crippen LogP contribution >= 0.6 is 0 Å². The van der Waals surface area contributed by atoms with Gasteiger partial charge in [-0.2, -0.15) is 0 Å². The zero-order chi connectivity index (χ0) is 19.7. The molecule has 3 rings (SSSR count). The molecule has 1 aromatic carbocycles. The second-order valence-corrected chi connectivity index (χ2v) is 10.9. The molecule has 2 aliphatic rings. The van der Waals surface area contributed by atoms with Gasteiger partial charge in [-0.3, -0.25) is 0 Å². The van der Waals surface area contributed by atoms with Gasteiger partial charge in [0, 0.05) is 12.6 Å². The fraction of sp³-hybridized carbons (Fsp3) is 0.692. The number of hydrogen-bond acceptors (Lipinski definition) is 1. The highest BCUT2D eigenvalue weighted by Crippen LogP contribution is 2.52. The summed E-state index contributed by atoms with van der Waals surface area (Å²) in [6, 6.07) is 7.90. The molecule has 1 aromatic rings. The minimum atomic E-state index is 0.430. The van der Waals surface area contributed by atoms with E-state index in [1.807, 2.05) is 0 Å². The Bertz CT molecular complexity index is 663. The number of unbranched alkanes of at least 4 members (excludes halogenated alkanes) is 1. The predicted octanol–water partition coefficient (Wildman–Crippen LogP) is 7.25. The molecule has 1 heteroatoms. The minimum absolute atomic E-state index is 0.430. The molecule has 27 heavy (non-hydrogen) atoms. The Morgan fingerprint density at radius 1 is 1.07 bits per heavy atom. The highest BCUT2D eigenvalue weighted by molar-refractivity contribution is 5.70. The first-order valence-corrected chi connectivity index (χ1v) is 11.2. The van der Waals surface area contributed by atoms with Crippen molar-refractivity contribution in [3.05, 3.63) is 41.0 Å². The molecule has 0 saturated heterocycles. The molecule has 1 N–H and O–H groups in total. The molecule has 1 heterocycles. The number of benzene rings is 1. The van der Waals surface area contributed by atoms with Crippen LogP contribution in [0.1, 0.15) is 102 Å². The van der Waals surface area contributed by atoms with E-state index in [2.05, 4.69) is 71.1 Å². The first-order valence-electron chi connectivity index (χ1n) is 11.2. The van der Waals surface area contributed by atoms with Crippen molar-refractivity contribution < 1.29 is 0 Å². The van der Waals surface area contributed by atoms with E-state index in [1.165, 1.54) is 50.5 Å². The van der Waals surface area contributed by atoms with Crippen LogP contribution in [0.5, 0.6) is 0 Å². The van der Waals surface area contributed by atoms with Crippen molar-refractivity contribution in [1.29, 1.82) is 0 Å². The van der Waals surface area contributed by atoms with Crippen molar-refractivity contribution in [3.63, 3.8) is 0 Å². The largest absolute Gasteiger partial charge is 0.310 e. The van der Waals surface area contributed by atoms with Gasteiger partial charge in [0.25, 0.3) is 0 Å². The van der Waals surface area contributed by atoms with Gasteiger partial charge in [-0.1, -0.05) is 77.3 Å². The maximum absolute atomic E-state index is 3.71. The second-order valence-electron chi connectivity index (χ2n) is 10.9. The minimum Gasteiger partial charge on any atom is -0.310 e. The number of hydrogen-bond donors (Lipinski definition) is 1. The SMILES string of the molecule is CCCCC1CC(c2ccc(C)cc2C2CC(C)(C)CC(C)(C)C2)=CCN1. The van der Waals surface area contributed by atoms with Crippen molar-refractivity contribution in [3.8, 4) is 0 Å². The van der Waals surface area contributed by atoms with Gasteiger partial charge < -0.3 is 5.32 Å². The summed E-state index contributed by atoms with van der Waals surface area (Å²) >= 11 is 0. The van der Waals surface area contributed by atoms with E-state index >= 15 is 0 Å². The summed E-state index contributed by atoms with van der Waals surface area (Å²) in [7, 11) is 0. The van der Waals surface area contributed by atoms with Gasteiger partial charge in [0.1, 0.15) is 0 Å². The molecule has 1 atom stereocenters. The molecule has 0 aromatic heterocycles. The van der Waals surface area contributed by atoms with Crippen LogP contribution in [0.3, 0.4) is 0 Å². The maximum atomic E-state index is 3.71. The van der Waals surface area contributed by atoms with Gasteiger partial charge in [-0.05, 0) is 72.5 Å². The van der Waals surface area contributed by atoms with Gasteiger partial charge >= 0.3 is 0 Å². The molecule has 1 unspecified atom stereocenters. The van der Waals surface area contributed by atoms with Crippen LogP contribution in [0, 0.1) is 17.8 Å². The lowest BCUT2D eigenvalue weighted by atomic mass is 9.59. The lowest BCUT2D eigenvalue weighted by Gasteiger charge is -2.46. The normalized spacial score (nSPS) is 25.3. The van der Waals surface area contributed by atoms with Crippen molar-refractivity contribution in [2.45, 2.75) is 98.4 Å². The Hall–Kier alpha value is -1.08. The summed E-state index contributed by atoms with van der Waals surface area (Å²) in [5.41, 5.74) is 7.03. The third-order valence-corrected chi connectivity index (χ3v) is 6.68. The van der Waals surface area contributed by atoms with Gasteiger partial charge in [-0.15, -0.1) is 0 Å². The Morgan fingerprint density at radius 2 is 1.78 bits per heavy atom. The highest BCUT2D eigenvalue weighted by atomic mass is 14.9. The molecule has 1 fully saturated rings. The molecule has 1 aliphatic heterocycles. The molecule has 0 radical (unpaired) electrons. The smallest absolute Gasteiger partial charge is 0.0143 e. The van der Waals surface area contributed by atoms with Crippen LogP contribution in [0.4, 0.5) is 0 Å². The quantitative estimate of drug-likeness (QED) is 0.578. The zero-order valence-electron chi connectivity index (χ0n) is 18.6. The zero-order valence-corrected chi connectivity index (χ0v) is 18.6. The Kier molecular flexibility index (Phi) is 6.21. The van der Waals surface area contributed by atoms with E-state index in [9.17, 15) is 0 Å². The van der Waals surface area contributed by atoms with Crippen LogP contribution in [0.15, 0.2) is 24.3 Å². The lowest BCUT2D eigenvalue weighted by molar-refractivity contribution is 0.0968. The molecule has 150 valence electrons. The van der Waals surface area contributed by atoms with Crippen molar-refractivity contribution in [2.24, 2.45) is 10.8 Å². The third kappa shape index (κ3) is 5.25. The van der Waals surface area contributed by atoms with Crippen LogP contribution in [0.2, 0.25) is 0 Å². The fourth-order valence-corrected chi connectivity index (χ4v) is 6.02. The average molecular weight is 368 g/mol. The van der Waals surface area contributed by atoms with E-state index in [4.69, 9.17) is 0 Å². The van der Waals surface area contributed by atoms with E-state index in [0.29, 0.717) is 22.8 Å². The molecule has 1 aliphatic carbocycles. The Morgan fingerprint density at radius 3 is 2.44 bits per heavy atom. The first kappa shape index (κ1) is 20.6. The van der Waals surface area contributed by atoms with Crippen molar-refractivity contribution in [2.75, 3.05) is 6.54 Å². The van der Waals surface area contributed by atoms with Crippen LogP contribution in [-0.2, 0) is 0 Å². The molecule has 0 spiro atoms. The van der Waals surface area contributed by atoms with E-state index in [0.717, 1.165) is 6.54 Å².